The number of hydrogen-bond acceptors (Lipinski definition) is 5. The van der Waals surface area contributed by atoms with Gasteiger partial charge in [-0.15, -0.1) is 0 Å². The second-order valence-electron chi connectivity index (χ2n) is 10.0. The first-order chi connectivity index (χ1) is 20.5. The van der Waals surface area contributed by atoms with Crippen molar-refractivity contribution in [1.29, 1.82) is 0 Å². The normalized spacial score (nSPS) is 11.8. The molecule has 8 heteroatoms. The van der Waals surface area contributed by atoms with Crippen LogP contribution in [0.4, 0.5) is 0 Å². The highest BCUT2D eigenvalue weighted by Crippen LogP contribution is 2.33. The highest BCUT2D eigenvalue weighted by molar-refractivity contribution is 9.10. The van der Waals surface area contributed by atoms with E-state index in [0.717, 1.165) is 32.0 Å². The van der Waals surface area contributed by atoms with Gasteiger partial charge >= 0.3 is 0 Å². The number of para-hydroxylation sites is 2. The SMILES string of the molecule is COc1cccc2oc(-c3nc4ccccc4c(=O)n3N=Cc3c(C)n(Cc4ccc(Br)cc4)c4ccccc34)cc12. The van der Waals surface area contributed by atoms with Gasteiger partial charge in [0.25, 0.3) is 5.56 Å². The molecule has 0 saturated carbocycles. The zero-order valence-electron chi connectivity index (χ0n) is 22.9. The molecule has 206 valence electrons. The Bertz CT molecular complexity index is 2210. The standard InChI is InChI=1S/C34H25BrN4O3/c1-21-27(24-8-4-6-11-29(24)38(21)20-22-14-16-23(35)17-15-22)19-36-39-33(37-28-10-5-3-9-25(28)34(39)40)32-18-26-30(41-2)12-7-13-31(26)42-32/h3-19H,20H2,1-2H3. The molecule has 3 heterocycles. The summed E-state index contributed by atoms with van der Waals surface area (Å²) in [6.45, 7) is 2.78. The number of hydrogen-bond donors (Lipinski definition) is 0. The lowest BCUT2D eigenvalue weighted by molar-refractivity contribution is 0.419. The maximum atomic E-state index is 13.8. The Morgan fingerprint density at radius 2 is 1.69 bits per heavy atom. The molecule has 0 N–H and O–H groups in total. The predicted molar refractivity (Wildman–Crippen MR) is 171 cm³/mol. The molecule has 0 unspecified atom stereocenters. The summed E-state index contributed by atoms with van der Waals surface area (Å²) in [5, 5.41) is 7.08. The van der Waals surface area contributed by atoms with Gasteiger partial charge in [-0.1, -0.05) is 64.5 Å². The number of rotatable bonds is 6. The summed E-state index contributed by atoms with van der Waals surface area (Å²) in [6.07, 6.45) is 1.75. The number of furan rings is 1. The summed E-state index contributed by atoms with van der Waals surface area (Å²) in [5.41, 5.74) is 5.17. The summed E-state index contributed by atoms with van der Waals surface area (Å²) in [7, 11) is 1.62. The number of halogens is 1. The molecule has 7 rings (SSSR count). The lowest BCUT2D eigenvalue weighted by Crippen LogP contribution is -2.20. The van der Waals surface area contributed by atoms with E-state index in [1.807, 2.05) is 66.7 Å². The third-order valence-corrected chi connectivity index (χ3v) is 8.08. The Morgan fingerprint density at radius 1 is 0.929 bits per heavy atom. The molecule has 0 bridgehead atoms. The molecule has 4 aromatic carbocycles. The van der Waals surface area contributed by atoms with Gasteiger partial charge in [0.05, 0.1) is 29.6 Å². The van der Waals surface area contributed by atoms with Crippen LogP contribution in [-0.4, -0.2) is 27.6 Å². The van der Waals surface area contributed by atoms with Crippen molar-refractivity contribution in [3.63, 3.8) is 0 Å². The van der Waals surface area contributed by atoms with Crippen LogP contribution in [0.15, 0.2) is 116 Å². The quantitative estimate of drug-likeness (QED) is 0.179. The molecule has 0 radical (unpaired) electrons. The zero-order valence-corrected chi connectivity index (χ0v) is 24.5. The number of benzene rings is 4. The van der Waals surface area contributed by atoms with Gasteiger partial charge in [-0.05, 0) is 61.0 Å². The fourth-order valence-electron chi connectivity index (χ4n) is 5.42. The summed E-state index contributed by atoms with van der Waals surface area (Å²) < 4.78 is 16.4. The van der Waals surface area contributed by atoms with Crippen molar-refractivity contribution < 1.29 is 9.15 Å². The minimum Gasteiger partial charge on any atom is -0.496 e. The lowest BCUT2D eigenvalue weighted by atomic mass is 10.1. The Labute approximate surface area is 249 Å². The van der Waals surface area contributed by atoms with E-state index in [2.05, 4.69) is 51.7 Å². The van der Waals surface area contributed by atoms with Crippen molar-refractivity contribution in [3.05, 3.63) is 129 Å². The van der Waals surface area contributed by atoms with Gasteiger partial charge in [0.2, 0.25) is 5.82 Å². The number of ether oxygens (including phenoxy) is 1. The summed E-state index contributed by atoms with van der Waals surface area (Å²) in [5.74, 6) is 1.41. The van der Waals surface area contributed by atoms with Gasteiger partial charge in [-0.25, -0.2) is 4.98 Å². The molecule has 0 aliphatic heterocycles. The van der Waals surface area contributed by atoms with Crippen molar-refractivity contribution in [1.82, 2.24) is 14.2 Å². The van der Waals surface area contributed by atoms with Crippen LogP contribution in [0, 0.1) is 6.92 Å². The first kappa shape index (κ1) is 26.0. The van der Waals surface area contributed by atoms with Crippen molar-refractivity contribution >= 4 is 54.9 Å². The van der Waals surface area contributed by atoms with E-state index >= 15 is 0 Å². The minimum absolute atomic E-state index is 0.282. The second-order valence-corrected chi connectivity index (χ2v) is 10.9. The van der Waals surface area contributed by atoms with Gasteiger partial charge in [0.1, 0.15) is 11.3 Å². The van der Waals surface area contributed by atoms with Gasteiger partial charge in [0, 0.05) is 33.2 Å². The predicted octanol–water partition coefficient (Wildman–Crippen LogP) is 7.77. The van der Waals surface area contributed by atoms with E-state index in [0.29, 0.717) is 40.4 Å². The van der Waals surface area contributed by atoms with E-state index < -0.39 is 0 Å². The fraction of sp³-hybridized carbons (Fsp3) is 0.0882. The second kappa shape index (κ2) is 10.5. The van der Waals surface area contributed by atoms with E-state index in [9.17, 15) is 4.79 Å². The average Bonchev–Trinajstić information content (AvgIpc) is 3.57. The first-order valence-electron chi connectivity index (χ1n) is 13.5. The van der Waals surface area contributed by atoms with Crippen LogP contribution in [0.3, 0.4) is 0 Å². The smallest absolute Gasteiger partial charge is 0.282 e. The Morgan fingerprint density at radius 3 is 2.50 bits per heavy atom. The molecule has 7 nitrogen and oxygen atoms in total. The van der Waals surface area contributed by atoms with Gasteiger partial charge in [-0.2, -0.15) is 9.78 Å². The monoisotopic (exact) mass is 616 g/mol. The highest BCUT2D eigenvalue weighted by atomic mass is 79.9. The van der Waals surface area contributed by atoms with Crippen LogP contribution in [-0.2, 0) is 6.54 Å². The molecular formula is C34H25BrN4O3. The molecule has 3 aromatic heterocycles. The highest BCUT2D eigenvalue weighted by Gasteiger charge is 2.19. The van der Waals surface area contributed by atoms with E-state index in [4.69, 9.17) is 19.2 Å². The molecule has 7 aromatic rings. The largest absolute Gasteiger partial charge is 0.496 e. The molecule has 0 saturated heterocycles. The number of fused-ring (bicyclic) bond motifs is 3. The molecule has 0 fully saturated rings. The molecular weight excluding hydrogens is 592 g/mol. The number of methoxy groups -OCH3 is 1. The zero-order chi connectivity index (χ0) is 28.8. The Hall–Kier alpha value is -4.95. The maximum absolute atomic E-state index is 13.8. The van der Waals surface area contributed by atoms with Crippen molar-refractivity contribution in [2.75, 3.05) is 7.11 Å². The number of nitrogens with zero attached hydrogens (tertiary/aromatic N) is 4. The molecule has 0 atom stereocenters. The van der Waals surface area contributed by atoms with Crippen LogP contribution >= 0.6 is 15.9 Å². The average molecular weight is 618 g/mol. The van der Waals surface area contributed by atoms with Gasteiger partial charge < -0.3 is 13.7 Å². The first-order valence-corrected chi connectivity index (χ1v) is 14.3. The minimum atomic E-state index is -0.282. The number of aromatic nitrogens is 3. The Balaban J connectivity index is 1.40. The van der Waals surface area contributed by atoms with Crippen LogP contribution in [0.1, 0.15) is 16.8 Å². The van der Waals surface area contributed by atoms with Gasteiger partial charge in [0.15, 0.2) is 5.76 Å². The van der Waals surface area contributed by atoms with Crippen LogP contribution in [0.5, 0.6) is 5.75 Å². The fourth-order valence-corrected chi connectivity index (χ4v) is 5.69. The maximum Gasteiger partial charge on any atom is 0.282 e. The third-order valence-electron chi connectivity index (χ3n) is 7.55. The summed E-state index contributed by atoms with van der Waals surface area (Å²) >= 11 is 3.52. The Kier molecular flexibility index (Phi) is 6.47. The summed E-state index contributed by atoms with van der Waals surface area (Å²) in [6, 6.07) is 31.2. The third kappa shape index (κ3) is 4.40. The van der Waals surface area contributed by atoms with E-state index in [1.165, 1.54) is 10.2 Å². The van der Waals surface area contributed by atoms with Crippen molar-refractivity contribution in [2.24, 2.45) is 5.10 Å². The molecule has 0 aliphatic rings. The lowest BCUT2D eigenvalue weighted by Gasteiger charge is -2.09. The molecule has 42 heavy (non-hydrogen) atoms. The van der Waals surface area contributed by atoms with Crippen molar-refractivity contribution in [2.45, 2.75) is 13.5 Å². The van der Waals surface area contributed by atoms with E-state index in [-0.39, 0.29) is 5.56 Å². The summed E-state index contributed by atoms with van der Waals surface area (Å²) in [4.78, 5) is 18.7. The molecule has 0 amide bonds. The van der Waals surface area contributed by atoms with Crippen LogP contribution < -0.4 is 10.3 Å². The van der Waals surface area contributed by atoms with E-state index in [1.54, 1.807) is 19.4 Å². The van der Waals surface area contributed by atoms with Crippen LogP contribution in [0.25, 0.3) is 44.4 Å². The molecule has 0 spiro atoms. The van der Waals surface area contributed by atoms with Crippen molar-refractivity contribution in [3.8, 4) is 17.3 Å². The topological polar surface area (TPSA) is 74.6 Å². The van der Waals surface area contributed by atoms with Crippen LogP contribution in [0.2, 0.25) is 0 Å². The molecule has 0 aliphatic carbocycles. The van der Waals surface area contributed by atoms with Gasteiger partial charge in [-0.3, -0.25) is 4.79 Å².